The second-order valence-corrected chi connectivity index (χ2v) is 9.59. The number of ether oxygens (including phenoxy) is 1. The SMILES string of the molecule is CCOC(=O)Cn1nnnc1C(CC)N(Cc1cccs1)Cc1cc2cc(C)c(C)cc2[nH]c1=O. The largest absolute Gasteiger partial charge is 0.465 e. The number of pyridine rings is 1. The third-order valence-electron chi connectivity index (χ3n) is 6.12. The number of carbonyl (C=O) groups excluding carboxylic acids is 1. The number of hydrogen-bond acceptors (Lipinski definition) is 8. The van der Waals surface area contributed by atoms with Crippen molar-refractivity contribution < 1.29 is 9.53 Å². The molecule has 0 fully saturated rings. The molecule has 0 bridgehead atoms. The van der Waals surface area contributed by atoms with Crippen molar-refractivity contribution in [1.29, 1.82) is 0 Å². The van der Waals surface area contributed by atoms with Gasteiger partial charge in [0.05, 0.1) is 12.6 Å². The molecule has 3 heterocycles. The standard InChI is InChI=1S/C25H30N6O3S/c1-5-22(24-27-28-29-31(24)15-23(32)34-6-2)30(14-20-8-7-9-35-20)13-19-12-18-10-16(3)17(4)11-21(18)26-25(19)33/h7-12,22H,5-6,13-15H2,1-4H3,(H,26,33). The quantitative estimate of drug-likeness (QED) is 0.333. The second kappa shape index (κ2) is 10.9. The van der Waals surface area contributed by atoms with E-state index in [1.807, 2.05) is 37.4 Å². The van der Waals surface area contributed by atoms with E-state index in [2.05, 4.69) is 44.5 Å². The molecule has 0 aliphatic heterocycles. The number of H-pyrrole nitrogens is 1. The highest BCUT2D eigenvalue weighted by molar-refractivity contribution is 7.09. The second-order valence-electron chi connectivity index (χ2n) is 8.56. The molecule has 4 aromatic rings. The van der Waals surface area contributed by atoms with Gasteiger partial charge in [-0.15, -0.1) is 16.4 Å². The summed E-state index contributed by atoms with van der Waals surface area (Å²) in [6.45, 7) is 9.17. The summed E-state index contributed by atoms with van der Waals surface area (Å²) in [5.41, 5.74) is 3.70. The molecule has 1 atom stereocenters. The normalized spacial score (nSPS) is 12.4. The van der Waals surface area contributed by atoms with Crippen molar-refractivity contribution in [3.05, 3.63) is 73.5 Å². The molecule has 1 unspecified atom stereocenters. The van der Waals surface area contributed by atoms with Crippen LogP contribution in [0.2, 0.25) is 0 Å². The summed E-state index contributed by atoms with van der Waals surface area (Å²) in [7, 11) is 0. The summed E-state index contributed by atoms with van der Waals surface area (Å²) < 4.78 is 6.58. The minimum Gasteiger partial charge on any atom is -0.465 e. The smallest absolute Gasteiger partial charge is 0.327 e. The van der Waals surface area contributed by atoms with Gasteiger partial charge in [-0.25, -0.2) is 4.68 Å². The first-order valence-corrected chi connectivity index (χ1v) is 12.6. The highest BCUT2D eigenvalue weighted by atomic mass is 32.1. The lowest BCUT2D eigenvalue weighted by Gasteiger charge is -2.29. The number of benzene rings is 1. The predicted octanol–water partition coefficient (Wildman–Crippen LogP) is 3.91. The molecule has 184 valence electrons. The first-order chi connectivity index (χ1) is 16.9. The molecular weight excluding hydrogens is 464 g/mol. The van der Waals surface area contributed by atoms with Gasteiger partial charge in [-0.05, 0) is 83.8 Å². The van der Waals surface area contributed by atoms with E-state index in [1.165, 1.54) is 10.2 Å². The molecule has 9 nitrogen and oxygen atoms in total. The Kier molecular flexibility index (Phi) is 7.72. The Bertz CT molecular complexity index is 1360. The minimum atomic E-state index is -0.391. The van der Waals surface area contributed by atoms with Crippen LogP contribution in [0.25, 0.3) is 10.9 Å². The maximum absolute atomic E-state index is 13.1. The number of aromatic nitrogens is 5. The van der Waals surface area contributed by atoms with Crippen molar-refractivity contribution in [2.24, 2.45) is 0 Å². The number of carbonyl (C=O) groups is 1. The molecule has 1 N–H and O–H groups in total. The van der Waals surface area contributed by atoms with Gasteiger partial charge in [0.25, 0.3) is 5.56 Å². The van der Waals surface area contributed by atoms with Gasteiger partial charge in [0, 0.05) is 29.0 Å². The average molecular weight is 495 g/mol. The van der Waals surface area contributed by atoms with Crippen LogP contribution >= 0.6 is 11.3 Å². The zero-order chi connectivity index (χ0) is 24.9. The number of rotatable bonds is 10. The summed E-state index contributed by atoms with van der Waals surface area (Å²) in [6, 6.07) is 9.95. The van der Waals surface area contributed by atoms with E-state index in [0.717, 1.165) is 21.3 Å². The van der Waals surface area contributed by atoms with Crippen LogP contribution in [0, 0.1) is 13.8 Å². The van der Waals surface area contributed by atoms with E-state index in [4.69, 9.17) is 4.74 Å². The van der Waals surface area contributed by atoms with Crippen LogP contribution in [0.1, 0.15) is 53.7 Å². The van der Waals surface area contributed by atoms with Gasteiger partial charge in [-0.1, -0.05) is 13.0 Å². The number of thiophene rings is 1. The number of hydrogen-bond donors (Lipinski definition) is 1. The molecular formula is C25H30N6O3S. The number of aromatic amines is 1. The fourth-order valence-corrected chi connectivity index (χ4v) is 4.96. The van der Waals surface area contributed by atoms with Crippen LogP contribution in [0.5, 0.6) is 0 Å². The molecule has 0 saturated heterocycles. The lowest BCUT2D eigenvalue weighted by molar-refractivity contribution is -0.144. The summed E-state index contributed by atoms with van der Waals surface area (Å²) in [6.07, 6.45) is 0.693. The van der Waals surface area contributed by atoms with Crippen LogP contribution in [-0.2, 0) is 29.2 Å². The monoisotopic (exact) mass is 494 g/mol. The average Bonchev–Trinajstić information content (AvgIpc) is 3.49. The van der Waals surface area contributed by atoms with Crippen molar-refractivity contribution in [3.63, 3.8) is 0 Å². The lowest BCUT2D eigenvalue weighted by atomic mass is 10.0. The third-order valence-corrected chi connectivity index (χ3v) is 6.98. The van der Waals surface area contributed by atoms with E-state index >= 15 is 0 Å². The molecule has 0 spiro atoms. The van der Waals surface area contributed by atoms with E-state index in [1.54, 1.807) is 18.3 Å². The lowest BCUT2D eigenvalue weighted by Crippen LogP contribution is -2.32. The molecule has 35 heavy (non-hydrogen) atoms. The van der Waals surface area contributed by atoms with Crippen molar-refractivity contribution in [1.82, 2.24) is 30.1 Å². The Morgan fingerprint density at radius 2 is 2.00 bits per heavy atom. The van der Waals surface area contributed by atoms with Crippen LogP contribution in [0.15, 0.2) is 40.5 Å². The molecule has 0 radical (unpaired) electrons. The number of aryl methyl sites for hydroxylation is 2. The zero-order valence-electron chi connectivity index (χ0n) is 20.4. The molecule has 3 aromatic heterocycles. The Morgan fingerprint density at radius 1 is 1.20 bits per heavy atom. The Labute approximate surface area is 207 Å². The number of fused-ring (bicyclic) bond motifs is 1. The molecule has 0 amide bonds. The van der Waals surface area contributed by atoms with Crippen molar-refractivity contribution in [2.75, 3.05) is 6.61 Å². The summed E-state index contributed by atoms with van der Waals surface area (Å²) in [5, 5.41) is 15.2. The highest BCUT2D eigenvalue weighted by Crippen LogP contribution is 2.28. The topological polar surface area (TPSA) is 106 Å². The van der Waals surface area contributed by atoms with Crippen LogP contribution < -0.4 is 5.56 Å². The number of nitrogens with one attached hydrogen (secondary N) is 1. The number of tetrazole rings is 1. The zero-order valence-corrected chi connectivity index (χ0v) is 21.3. The first kappa shape index (κ1) is 24.7. The van der Waals surface area contributed by atoms with E-state index < -0.39 is 5.97 Å². The Balaban J connectivity index is 1.71. The predicted molar refractivity (Wildman–Crippen MR) is 135 cm³/mol. The molecule has 0 aliphatic carbocycles. The van der Waals surface area contributed by atoms with Crippen molar-refractivity contribution >= 4 is 28.2 Å². The van der Waals surface area contributed by atoms with Gasteiger partial charge in [-0.3, -0.25) is 14.5 Å². The minimum absolute atomic E-state index is 0.0608. The number of esters is 1. The van der Waals surface area contributed by atoms with Gasteiger partial charge >= 0.3 is 5.97 Å². The maximum Gasteiger partial charge on any atom is 0.327 e. The first-order valence-electron chi connectivity index (χ1n) is 11.7. The van der Waals surface area contributed by atoms with Crippen LogP contribution in [0.3, 0.4) is 0 Å². The summed E-state index contributed by atoms with van der Waals surface area (Å²) >= 11 is 1.66. The summed E-state index contributed by atoms with van der Waals surface area (Å²) in [4.78, 5) is 31.6. The fourth-order valence-electron chi connectivity index (χ4n) is 4.23. The van der Waals surface area contributed by atoms with Gasteiger partial charge in [0.15, 0.2) is 5.82 Å². The highest BCUT2D eigenvalue weighted by Gasteiger charge is 2.27. The van der Waals surface area contributed by atoms with Crippen molar-refractivity contribution in [2.45, 2.75) is 59.8 Å². The van der Waals surface area contributed by atoms with Gasteiger partial charge < -0.3 is 9.72 Å². The fraction of sp³-hybridized carbons (Fsp3) is 0.400. The molecule has 4 rings (SSSR count). The van der Waals surface area contributed by atoms with E-state index in [0.29, 0.717) is 37.5 Å². The van der Waals surface area contributed by atoms with Crippen LogP contribution in [0.4, 0.5) is 0 Å². The molecule has 10 heteroatoms. The third kappa shape index (κ3) is 5.66. The Morgan fingerprint density at radius 3 is 2.71 bits per heavy atom. The van der Waals surface area contributed by atoms with Crippen molar-refractivity contribution in [3.8, 4) is 0 Å². The maximum atomic E-state index is 13.1. The Hall–Kier alpha value is -3.37. The van der Waals surface area contributed by atoms with Gasteiger partial charge in [-0.2, -0.15) is 0 Å². The molecule has 0 saturated carbocycles. The molecule has 1 aromatic carbocycles. The molecule has 0 aliphatic rings. The van der Waals surface area contributed by atoms with Gasteiger partial charge in [0.2, 0.25) is 0 Å². The van der Waals surface area contributed by atoms with E-state index in [9.17, 15) is 9.59 Å². The van der Waals surface area contributed by atoms with E-state index in [-0.39, 0.29) is 18.1 Å². The van der Waals surface area contributed by atoms with Gasteiger partial charge in [0.1, 0.15) is 6.54 Å². The number of nitrogens with zero attached hydrogens (tertiary/aromatic N) is 5. The summed E-state index contributed by atoms with van der Waals surface area (Å²) in [5.74, 6) is 0.179. The van der Waals surface area contributed by atoms with Crippen LogP contribution in [-0.4, -0.2) is 42.7 Å².